The van der Waals surface area contributed by atoms with E-state index in [0.29, 0.717) is 28.2 Å². The van der Waals surface area contributed by atoms with Gasteiger partial charge < -0.3 is 9.47 Å². The Morgan fingerprint density at radius 2 is 1.80 bits per heavy atom. The molecule has 0 aliphatic carbocycles. The van der Waals surface area contributed by atoms with Crippen LogP contribution in [0, 0.1) is 0 Å². The van der Waals surface area contributed by atoms with E-state index in [9.17, 15) is 9.59 Å². The SMILES string of the molecule is COc1ccc(C=O)cc1OC(=O)c1ccc(Cl)cc1. The first kappa shape index (κ1) is 14.1. The summed E-state index contributed by atoms with van der Waals surface area (Å²) in [6.45, 7) is 0. The molecule has 0 amide bonds. The van der Waals surface area contributed by atoms with E-state index in [1.54, 1.807) is 36.4 Å². The van der Waals surface area contributed by atoms with Crippen LogP contribution in [0.5, 0.6) is 11.5 Å². The second-order valence-corrected chi connectivity index (χ2v) is 4.36. The summed E-state index contributed by atoms with van der Waals surface area (Å²) in [5, 5.41) is 0.530. The predicted molar refractivity (Wildman–Crippen MR) is 74.8 cm³/mol. The average Bonchev–Trinajstić information content (AvgIpc) is 2.47. The van der Waals surface area contributed by atoms with Crippen LogP contribution in [0.1, 0.15) is 20.7 Å². The van der Waals surface area contributed by atoms with Crippen LogP contribution in [-0.2, 0) is 0 Å². The topological polar surface area (TPSA) is 52.6 Å². The molecule has 0 N–H and O–H groups in total. The summed E-state index contributed by atoms with van der Waals surface area (Å²) >= 11 is 5.75. The summed E-state index contributed by atoms with van der Waals surface area (Å²) < 4.78 is 10.3. The van der Waals surface area contributed by atoms with E-state index < -0.39 is 5.97 Å². The maximum Gasteiger partial charge on any atom is 0.343 e. The second-order valence-electron chi connectivity index (χ2n) is 3.92. The summed E-state index contributed by atoms with van der Waals surface area (Å²) in [4.78, 5) is 22.7. The van der Waals surface area contributed by atoms with Gasteiger partial charge in [0.1, 0.15) is 6.29 Å². The van der Waals surface area contributed by atoms with Crippen LogP contribution in [0.4, 0.5) is 0 Å². The van der Waals surface area contributed by atoms with Gasteiger partial charge in [-0.25, -0.2) is 4.79 Å². The average molecular weight is 291 g/mol. The first-order valence-electron chi connectivity index (χ1n) is 5.75. The fraction of sp³-hybridized carbons (Fsp3) is 0.0667. The minimum atomic E-state index is -0.553. The Morgan fingerprint density at radius 1 is 1.10 bits per heavy atom. The lowest BCUT2D eigenvalue weighted by molar-refractivity contribution is 0.0729. The van der Waals surface area contributed by atoms with Gasteiger partial charge in [-0.15, -0.1) is 0 Å². The van der Waals surface area contributed by atoms with Crippen molar-refractivity contribution >= 4 is 23.9 Å². The van der Waals surface area contributed by atoms with Crippen LogP contribution in [0.25, 0.3) is 0 Å². The van der Waals surface area contributed by atoms with Crippen molar-refractivity contribution in [3.8, 4) is 11.5 Å². The Balaban J connectivity index is 2.26. The third-order valence-corrected chi connectivity index (χ3v) is 2.86. The molecule has 2 rings (SSSR count). The van der Waals surface area contributed by atoms with Crippen LogP contribution in [0.3, 0.4) is 0 Å². The normalized spacial score (nSPS) is 9.90. The highest BCUT2D eigenvalue weighted by atomic mass is 35.5. The first-order valence-corrected chi connectivity index (χ1v) is 6.13. The third kappa shape index (κ3) is 3.16. The van der Waals surface area contributed by atoms with Crippen molar-refractivity contribution in [1.29, 1.82) is 0 Å². The first-order chi connectivity index (χ1) is 9.63. The second kappa shape index (κ2) is 6.21. The maximum absolute atomic E-state index is 12.0. The molecular weight excluding hydrogens is 280 g/mol. The Bertz CT molecular complexity index is 635. The van der Waals surface area contributed by atoms with Gasteiger partial charge in [0.15, 0.2) is 11.5 Å². The molecule has 4 nitrogen and oxygen atoms in total. The van der Waals surface area contributed by atoms with Gasteiger partial charge >= 0.3 is 5.97 Å². The number of hydrogen-bond donors (Lipinski definition) is 0. The molecule has 5 heteroatoms. The van der Waals surface area contributed by atoms with Crippen LogP contribution in [0.2, 0.25) is 5.02 Å². The van der Waals surface area contributed by atoms with Crippen molar-refractivity contribution in [3.63, 3.8) is 0 Å². The standard InChI is InChI=1S/C15H11ClO4/c1-19-13-7-2-10(9-17)8-14(13)20-15(18)11-3-5-12(16)6-4-11/h2-9H,1H3. The van der Waals surface area contributed by atoms with Crippen molar-refractivity contribution in [3.05, 3.63) is 58.6 Å². The van der Waals surface area contributed by atoms with E-state index in [1.807, 2.05) is 0 Å². The molecule has 0 fully saturated rings. The van der Waals surface area contributed by atoms with E-state index in [0.717, 1.165) is 0 Å². The summed E-state index contributed by atoms with van der Waals surface area (Å²) in [6.07, 6.45) is 0.666. The van der Waals surface area contributed by atoms with Crippen LogP contribution in [-0.4, -0.2) is 19.4 Å². The fourth-order valence-corrected chi connectivity index (χ4v) is 1.72. The predicted octanol–water partition coefficient (Wildman–Crippen LogP) is 3.38. The molecule has 0 saturated heterocycles. The van der Waals surface area contributed by atoms with Crippen LogP contribution < -0.4 is 9.47 Å². The number of carbonyl (C=O) groups excluding carboxylic acids is 2. The highest BCUT2D eigenvalue weighted by Crippen LogP contribution is 2.28. The number of carbonyl (C=O) groups is 2. The summed E-state index contributed by atoms with van der Waals surface area (Å²) in [7, 11) is 1.45. The molecule has 0 unspecified atom stereocenters. The van der Waals surface area contributed by atoms with Gasteiger partial charge in [-0.1, -0.05) is 11.6 Å². The highest BCUT2D eigenvalue weighted by Gasteiger charge is 2.13. The van der Waals surface area contributed by atoms with Crippen molar-refractivity contribution in [2.45, 2.75) is 0 Å². The zero-order valence-electron chi connectivity index (χ0n) is 10.6. The molecule has 0 aliphatic rings. The van der Waals surface area contributed by atoms with Gasteiger partial charge in [0, 0.05) is 10.6 Å². The zero-order chi connectivity index (χ0) is 14.5. The number of halogens is 1. The van der Waals surface area contributed by atoms with Gasteiger partial charge in [0.05, 0.1) is 12.7 Å². The van der Waals surface area contributed by atoms with Crippen molar-refractivity contribution in [1.82, 2.24) is 0 Å². The number of esters is 1. The zero-order valence-corrected chi connectivity index (χ0v) is 11.4. The van der Waals surface area contributed by atoms with Gasteiger partial charge in [-0.05, 0) is 42.5 Å². The summed E-state index contributed by atoms with van der Waals surface area (Å²) in [5.41, 5.74) is 0.748. The van der Waals surface area contributed by atoms with Gasteiger partial charge in [-0.3, -0.25) is 4.79 Å². The summed E-state index contributed by atoms with van der Waals surface area (Å²) in [6, 6.07) is 10.9. The van der Waals surface area contributed by atoms with Crippen LogP contribution >= 0.6 is 11.6 Å². The van der Waals surface area contributed by atoms with Gasteiger partial charge in [0.25, 0.3) is 0 Å². The Labute approximate surface area is 120 Å². The quantitative estimate of drug-likeness (QED) is 0.492. The molecule has 0 aromatic heterocycles. The monoisotopic (exact) mass is 290 g/mol. The molecular formula is C15H11ClO4. The van der Waals surface area contributed by atoms with Gasteiger partial charge in [-0.2, -0.15) is 0 Å². The number of ether oxygens (including phenoxy) is 2. The molecule has 102 valence electrons. The molecule has 0 heterocycles. The molecule has 2 aromatic carbocycles. The molecule has 0 aliphatic heterocycles. The third-order valence-electron chi connectivity index (χ3n) is 2.61. The van der Waals surface area contributed by atoms with E-state index in [4.69, 9.17) is 21.1 Å². The van der Waals surface area contributed by atoms with Crippen LogP contribution in [0.15, 0.2) is 42.5 Å². The van der Waals surface area contributed by atoms with E-state index in [2.05, 4.69) is 0 Å². The molecule has 0 bridgehead atoms. The maximum atomic E-state index is 12.0. The lowest BCUT2D eigenvalue weighted by atomic mass is 10.2. The molecule has 0 radical (unpaired) electrons. The van der Waals surface area contributed by atoms with E-state index in [1.165, 1.54) is 13.2 Å². The minimum Gasteiger partial charge on any atom is -0.493 e. The van der Waals surface area contributed by atoms with E-state index in [-0.39, 0.29) is 5.75 Å². The molecule has 0 saturated carbocycles. The number of methoxy groups -OCH3 is 1. The fourth-order valence-electron chi connectivity index (χ4n) is 1.59. The Morgan fingerprint density at radius 3 is 2.40 bits per heavy atom. The smallest absolute Gasteiger partial charge is 0.343 e. The Kier molecular flexibility index (Phi) is 4.38. The number of hydrogen-bond acceptors (Lipinski definition) is 4. The van der Waals surface area contributed by atoms with Crippen molar-refractivity contribution in [2.24, 2.45) is 0 Å². The highest BCUT2D eigenvalue weighted by molar-refractivity contribution is 6.30. The van der Waals surface area contributed by atoms with Crippen molar-refractivity contribution < 1.29 is 19.1 Å². The van der Waals surface area contributed by atoms with Crippen molar-refractivity contribution in [2.75, 3.05) is 7.11 Å². The summed E-state index contributed by atoms with van der Waals surface area (Å²) in [5.74, 6) is 0.0120. The molecule has 0 spiro atoms. The Hall–Kier alpha value is -2.33. The molecule has 0 atom stereocenters. The molecule has 2 aromatic rings. The number of benzene rings is 2. The lowest BCUT2D eigenvalue weighted by Gasteiger charge is -2.09. The minimum absolute atomic E-state index is 0.192. The number of rotatable bonds is 4. The lowest BCUT2D eigenvalue weighted by Crippen LogP contribution is -2.09. The van der Waals surface area contributed by atoms with Gasteiger partial charge in [0.2, 0.25) is 0 Å². The molecule has 20 heavy (non-hydrogen) atoms. The number of aldehydes is 1. The largest absolute Gasteiger partial charge is 0.493 e. The van der Waals surface area contributed by atoms with E-state index >= 15 is 0 Å².